The summed E-state index contributed by atoms with van der Waals surface area (Å²) in [6, 6.07) is 19.2. The summed E-state index contributed by atoms with van der Waals surface area (Å²) in [6.07, 6.45) is 10.1. The monoisotopic (exact) mass is 533 g/mol. The number of benzene rings is 2. The van der Waals surface area contributed by atoms with Gasteiger partial charge in [0.15, 0.2) is 0 Å². The van der Waals surface area contributed by atoms with E-state index in [1.165, 1.54) is 37.0 Å². The van der Waals surface area contributed by atoms with Crippen LogP contribution in [0.15, 0.2) is 96.5 Å². The Morgan fingerprint density at radius 3 is 2.55 bits per heavy atom. The molecule has 1 aliphatic heterocycles. The third kappa shape index (κ3) is 6.88. The first-order valence-electron chi connectivity index (χ1n) is 13.9. The number of halogens is 1. The van der Waals surface area contributed by atoms with Crippen LogP contribution >= 0.6 is 0 Å². The maximum Gasteiger partial charge on any atom is 0.123 e. The standard InChI is InChI=1S/C34H36FN5/c1-24-10-11-28(29-16-27(20-37-21-29)23-40-14-5-4-6-15-40)19-33(24)34(36-3)25(2)39-32-13-12-31(38-22-32)18-26-8-7-9-30(35)17-26/h7-13,16-17,19-22,39H,2,4-6,14-15,18,23H2,1,3H3. The Bertz CT molecular complexity index is 1500. The summed E-state index contributed by atoms with van der Waals surface area (Å²) >= 11 is 0. The lowest BCUT2D eigenvalue weighted by Crippen LogP contribution is -2.29. The lowest BCUT2D eigenvalue weighted by atomic mass is 9.96. The number of nitrogens with one attached hydrogen (secondary N) is 1. The van der Waals surface area contributed by atoms with Gasteiger partial charge in [-0.15, -0.1) is 0 Å². The Morgan fingerprint density at radius 2 is 1.80 bits per heavy atom. The van der Waals surface area contributed by atoms with Gasteiger partial charge in [-0.05, 0) is 91.5 Å². The van der Waals surface area contributed by atoms with E-state index in [-0.39, 0.29) is 5.82 Å². The minimum absolute atomic E-state index is 0.237. The third-order valence-corrected chi connectivity index (χ3v) is 7.38. The van der Waals surface area contributed by atoms with Crippen LogP contribution in [-0.2, 0) is 13.0 Å². The predicted molar refractivity (Wildman–Crippen MR) is 162 cm³/mol. The normalized spacial score (nSPS) is 14.2. The Kier molecular flexibility index (Phi) is 8.77. The molecule has 0 radical (unpaired) electrons. The maximum absolute atomic E-state index is 13.5. The molecule has 40 heavy (non-hydrogen) atoms. The molecule has 2 aromatic heterocycles. The Hall–Kier alpha value is -4.16. The molecule has 0 aliphatic carbocycles. The van der Waals surface area contributed by atoms with E-state index >= 15 is 0 Å². The molecular weight excluding hydrogens is 497 g/mol. The summed E-state index contributed by atoms with van der Waals surface area (Å²) in [7, 11) is 1.79. The summed E-state index contributed by atoms with van der Waals surface area (Å²) in [5, 5.41) is 3.37. The van der Waals surface area contributed by atoms with E-state index in [4.69, 9.17) is 0 Å². The van der Waals surface area contributed by atoms with Crippen molar-refractivity contribution in [2.75, 3.05) is 25.5 Å². The zero-order valence-electron chi connectivity index (χ0n) is 23.3. The molecule has 2 aromatic carbocycles. The first-order valence-corrected chi connectivity index (χ1v) is 13.9. The van der Waals surface area contributed by atoms with Crippen molar-refractivity contribution in [2.45, 2.75) is 39.2 Å². The highest BCUT2D eigenvalue weighted by Gasteiger charge is 2.14. The summed E-state index contributed by atoms with van der Waals surface area (Å²) in [5.74, 6) is -0.237. The van der Waals surface area contributed by atoms with Crippen LogP contribution in [0.1, 0.15) is 47.2 Å². The number of nitrogens with zero attached hydrogens (tertiary/aromatic N) is 4. The van der Waals surface area contributed by atoms with Crippen LogP contribution in [0.4, 0.5) is 10.1 Å². The molecule has 6 heteroatoms. The molecule has 0 saturated carbocycles. The lowest BCUT2D eigenvalue weighted by Gasteiger charge is -2.26. The molecule has 1 aliphatic rings. The number of hydrogen-bond donors (Lipinski definition) is 1. The Morgan fingerprint density at radius 1 is 0.950 bits per heavy atom. The van der Waals surface area contributed by atoms with Gasteiger partial charge in [0.1, 0.15) is 5.82 Å². The first kappa shape index (κ1) is 27.4. The van der Waals surface area contributed by atoms with Gasteiger partial charge in [-0.2, -0.15) is 0 Å². The van der Waals surface area contributed by atoms with Crippen molar-refractivity contribution >= 4 is 11.4 Å². The first-order chi connectivity index (χ1) is 19.5. The van der Waals surface area contributed by atoms with Crippen LogP contribution in [0.2, 0.25) is 0 Å². The molecule has 5 nitrogen and oxygen atoms in total. The molecule has 0 spiro atoms. The van der Waals surface area contributed by atoms with Gasteiger partial charge >= 0.3 is 0 Å². The number of aryl methyl sites for hydroxylation is 1. The largest absolute Gasteiger partial charge is 0.353 e. The minimum atomic E-state index is -0.237. The average Bonchev–Trinajstić information content (AvgIpc) is 2.96. The van der Waals surface area contributed by atoms with Crippen LogP contribution in [0.5, 0.6) is 0 Å². The third-order valence-electron chi connectivity index (χ3n) is 7.38. The minimum Gasteiger partial charge on any atom is -0.353 e. The number of likely N-dealkylation sites (tertiary alicyclic amines) is 1. The van der Waals surface area contributed by atoms with Crippen molar-refractivity contribution in [2.24, 2.45) is 4.99 Å². The summed E-state index contributed by atoms with van der Waals surface area (Å²) < 4.78 is 13.5. The van der Waals surface area contributed by atoms with Crippen LogP contribution in [0, 0.1) is 12.7 Å². The second kappa shape index (κ2) is 12.8. The molecule has 0 amide bonds. The van der Waals surface area contributed by atoms with Crippen molar-refractivity contribution in [3.63, 3.8) is 0 Å². The molecule has 3 heterocycles. The quantitative estimate of drug-likeness (QED) is 0.231. The van der Waals surface area contributed by atoms with E-state index < -0.39 is 0 Å². The van der Waals surface area contributed by atoms with Gasteiger partial charge in [0.05, 0.1) is 23.3 Å². The summed E-state index contributed by atoms with van der Waals surface area (Å²) in [4.78, 5) is 16.2. The highest BCUT2D eigenvalue weighted by atomic mass is 19.1. The van der Waals surface area contributed by atoms with E-state index in [1.807, 2.05) is 30.6 Å². The molecule has 0 bridgehead atoms. The topological polar surface area (TPSA) is 53.4 Å². The number of pyridine rings is 2. The van der Waals surface area contributed by atoms with Gasteiger partial charge < -0.3 is 5.32 Å². The number of anilines is 1. The molecule has 1 saturated heterocycles. The zero-order valence-corrected chi connectivity index (χ0v) is 23.3. The average molecular weight is 534 g/mol. The predicted octanol–water partition coefficient (Wildman–Crippen LogP) is 7.21. The number of piperidine rings is 1. The smallest absolute Gasteiger partial charge is 0.123 e. The second-order valence-electron chi connectivity index (χ2n) is 10.5. The molecule has 4 aromatic rings. The van der Waals surface area contributed by atoms with Gasteiger partial charge in [-0.3, -0.25) is 19.9 Å². The second-order valence-corrected chi connectivity index (χ2v) is 10.5. The van der Waals surface area contributed by atoms with Crippen molar-refractivity contribution in [1.29, 1.82) is 0 Å². The van der Waals surface area contributed by atoms with Crippen LogP contribution < -0.4 is 5.32 Å². The zero-order chi connectivity index (χ0) is 27.9. The van der Waals surface area contributed by atoms with E-state index in [0.29, 0.717) is 12.1 Å². The molecule has 0 unspecified atom stereocenters. The van der Waals surface area contributed by atoms with E-state index in [1.54, 1.807) is 19.3 Å². The molecular formula is C34H36FN5. The molecule has 0 atom stereocenters. The number of aromatic nitrogens is 2. The fraction of sp³-hybridized carbons (Fsp3) is 0.265. The Labute approximate surface area is 236 Å². The summed E-state index contributed by atoms with van der Waals surface area (Å²) in [6.45, 7) is 9.65. The van der Waals surface area contributed by atoms with Gasteiger partial charge in [-0.25, -0.2) is 4.39 Å². The van der Waals surface area contributed by atoms with Gasteiger partial charge in [0.2, 0.25) is 0 Å². The van der Waals surface area contributed by atoms with Gasteiger partial charge in [0.25, 0.3) is 0 Å². The van der Waals surface area contributed by atoms with E-state index in [0.717, 1.165) is 64.5 Å². The number of hydrogen-bond acceptors (Lipinski definition) is 5. The van der Waals surface area contributed by atoms with Gasteiger partial charge in [-0.1, -0.05) is 37.3 Å². The SMILES string of the molecule is C=C(Nc1ccc(Cc2cccc(F)c2)nc1)C(=NC)c1cc(-c2cncc(CN3CCCCC3)c2)ccc1C. The lowest BCUT2D eigenvalue weighted by molar-refractivity contribution is 0.220. The molecule has 5 rings (SSSR count). The highest BCUT2D eigenvalue weighted by molar-refractivity contribution is 6.15. The van der Waals surface area contributed by atoms with E-state index in [9.17, 15) is 4.39 Å². The van der Waals surface area contributed by atoms with Crippen molar-refractivity contribution in [1.82, 2.24) is 14.9 Å². The fourth-order valence-electron chi connectivity index (χ4n) is 5.27. The summed E-state index contributed by atoms with van der Waals surface area (Å²) in [5.41, 5.74) is 9.64. The van der Waals surface area contributed by atoms with Gasteiger partial charge in [0, 0.05) is 49.2 Å². The number of rotatable bonds is 9. The molecule has 1 fully saturated rings. The van der Waals surface area contributed by atoms with Crippen LogP contribution in [0.3, 0.4) is 0 Å². The van der Waals surface area contributed by atoms with Crippen molar-refractivity contribution in [3.05, 3.63) is 125 Å². The van der Waals surface area contributed by atoms with E-state index in [2.05, 4.69) is 62.9 Å². The van der Waals surface area contributed by atoms with Crippen molar-refractivity contribution in [3.8, 4) is 11.1 Å². The molecule has 204 valence electrons. The van der Waals surface area contributed by atoms with Crippen molar-refractivity contribution < 1.29 is 4.39 Å². The number of allylic oxidation sites excluding steroid dienone is 1. The fourth-order valence-corrected chi connectivity index (χ4v) is 5.27. The van der Waals surface area contributed by atoms with Crippen LogP contribution in [-0.4, -0.2) is 40.7 Å². The van der Waals surface area contributed by atoms with Crippen LogP contribution in [0.25, 0.3) is 11.1 Å². The maximum atomic E-state index is 13.5. The molecule has 1 N–H and O–H groups in total. The number of aliphatic imine (C=N–C) groups is 1. The Balaban J connectivity index is 1.30. The highest BCUT2D eigenvalue weighted by Crippen LogP contribution is 2.26.